The molecule has 1 atom stereocenters. The van der Waals surface area contributed by atoms with Crippen molar-refractivity contribution in [2.24, 2.45) is 17.2 Å². The van der Waals surface area contributed by atoms with Gasteiger partial charge in [-0.1, -0.05) is 0 Å². The van der Waals surface area contributed by atoms with Crippen LogP contribution in [0.15, 0.2) is 0 Å². The predicted octanol–water partition coefficient (Wildman–Crippen LogP) is -2.31. The molecule has 0 aliphatic carbocycles. The maximum absolute atomic E-state index is 10.1. The summed E-state index contributed by atoms with van der Waals surface area (Å²) < 4.78 is 0. The number of amides is 1. The Hall–Kier alpha value is -1.67. The summed E-state index contributed by atoms with van der Waals surface area (Å²) in [7, 11) is 0. The second kappa shape index (κ2) is 8.91. The van der Waals surface area contributed by atoms with E-state index in [9.17, 15) is 14.4 Å². The van der Waals surface area contributed by atoms with Crippen molar-refractivity contribution in [3.8, 4) is 0 Å². The van der Waals surface area contributed by atoms with Crippen LogP contribution >= 0.6 is 0 Å². The van der Waals surface area contributed by atoms with Gasteiger partial charge >= 0.3 is 11.9 Å². The van der Waals surface area contributed by atoms with Crippen molar-refractivity contribution >= 4 is 17.8 Å². The van der Waals surface area contributed by atoms with Crippen molar-refractivity contribution in [2.45, 2.75) is 18.9 Å². The number of hydrogen-bond donors (Lipinski definition) is 5. The van der Waals surface area contributed by atoms with E-state index in [4.69, 9.17) is 21.7 Å². The number of carboxylic acid groups (broad SMARTS) is 2. The molecule has 1 unspecified atom stereocenters. The number of primary amides is 1. The first-order valence-electron chi connectivity index (χ1n) is 3.99. The Morgan fingerprint density at radius 1 is 1.20 bits per heavy atom. The van der Waals surface area contributed by atoms with Gasteiger partial charge in [0.1, 0.15) is 6.04 Å². The number of nitrogens with two attached hydrogens (primary N) is 3. The summed E-state index contributed by atoms with van der Waals surface area (Å²) in [5, 5.41) is 15.8. The molecule has 8 nitrogen and oxygen atoms in total. The second-order valence-electron chi connectivity index (χ2n) is 2.55. The third-order valence-electron chi connectivity index (χ3n) is 1.19. The van der Waals surface area contributed by atoms with Gasteiger partial charge in [0.2, 0.25) is 5.91 Å². The smallest absolute Gasteiger partial charge is 0.320 e. The number of aliphatic carboxylic acids is 2. The molecule has 0 aromatic heterocycles. The normalized spacial score (nSPS) is 10.8. The lowest BCUT2D eigenvalue weighted by molar-refractivity contribution is -0.139. The fourth-order valence-corrected chi connectivity index (χ4v) is 0.421. The quantitative estimate of drug-likeness (QED) is 0.347. The Bertz CT molecular complexity index is 231. The maximum Gasteiger partial charge on any atom is 0.320 e. The van der Waals surface area contributed by atoms with Gasteiger partial charge in [-0.05, 0) is 6.42 Å². The van der Waals surface area contributed by atoms with Crippen LogP contribution in [0.5, 0.6) is 0 Å². The summed E-state index contributed by atoms with van der Waals surface area (Å²) in [6, 6.07) is -0.979. The molecule has 0 saturated carbocycles. The fraction of sp³-hybridized carbons (Fsp3) is 0.571. The molecule has 8 N–H and O–H groups in total. The van der Waals surface area contributed by atoms with Crippen molar-refractivity contribution in [3.05, 3.63) is 0 Å². The van der Waals surface area contributed by atoms with E-state index < -0.39 is 23.9 Å². The zero-order valence-corrected chi connectivity index (χ0v) is 8.05. The third-order valence-corrected chi connectivity index (χ3v) is 1.19. The molecule has 0 spiro atoms. The Morgan fingerprint density at radius 3 is 1.80 bits per heavy atom. The molecule has 0 aliphatic heterocycles. The highest BCUT2D eigenvalue weighted by Gasteiger charge is 2.11. The monoisotopic (exact) mass is 221 g/mol. The summed E-state index contributed by atoms with van der Waals surface area (Å²) >= 11 is 0. The van der Waals surface area contributed by atoms with E-state index in [2.05, 4.69) is 5.73 Å². The Labute approximate surface area is 86.0 Å². The van der Waals surface area contributed by atoms with Crippen LogP contribution in [0.3, 0.4) is 0 Å². The molecular weight excluding hydrogens is 206 g/mol. The Balaban J connectivity index is 0. The Kier molecular flexibility index (Phi) is 9.37. The van der Waals surface area contributed by atoms with E-state index in [-0.39, 0.29) is 19.4 Å². The average Bonchev–Trinajstić information content (AvgIpc) is 2.14. The maximum atomic E-state index is 10.1. The first kappa shape index (κ1) is 15.8. The molecule has 1 amide bonds. The minimum Gasteiger partial charge on any atom is -0.480 e. The van der Waals surface area contributed by atoms with Crippen LogP contribution in [0.4, 0.5) is 0 Å². The first-order valence-corrected chi connectivity index (χ1v) is 3.99. The molecule has 0 fully saturated rings. The van der Waals surface area contributed by atoms with E-state index in [0.29, 0.717) is 0 Å². The molecule has 0 radical (unpaired) electrons. The molecule has 0 bridgehead atoms. The highest BCUT2D eigenvalue weighted by molar-refractivity contribution is 5.76. The number of carbonyl (C=O) groups is 3. The molecule has 0 aromatic carbocycles. The zero-order chi connectivity index (χ0) is 12.4. The minimum absolute atomic E-state index is 0.0213. The van der Waals surface area contributed by atoms with Crippen LogP contribution in [-0.4, -0.2) is 40.6 Å². The number of carboxylic acids is 2. The van der Waals surface area contributed by atoms with Crippen LogP contribution in [0.2, 0.25) is 0 Å². The SMILES string of the molecule is NC(=O)CCC(N)C(=O)O.NCC(=O)O. The molecule has 0 saturated heterocycles. The molecule has 0 rings (SSSR count). The van der Waals surface area contributed by atoms with Crippen LogP contribution < -0.4 is 17.2 Å². The number of carbonyl (C=O) groups excluding carboxylic acids is 1. The zero-order valence-electron chi connectivity index (χ0n) is 8.05. The summed E-state index contributed by atoms with van der Waals surface area (Å²) in [5.74, 6) is -2.61. The molecule has 0 heterocycles. The van der Waals surface area contributed by atoms with Gasteiger partial charge in [0.05, 0.1) is 6.54 Å². The Morgan fingerprint density at radius 2 is 1.60 bits per heavy atom. The standard InChI is InChI=1S/C5H10N2O3.C2H5NO2/c6-3(5(9)10)1-2-4(7)8;3-1-2(4)5/h3H,1-2,6H2,(H2,7,8)(H,9,10);1,3H2,(H,4,5). The highest BCUT2D eigenvalue weighted by atomic mass is 16.4. The largest absolute Gasteiger partial charge is 0.480 e. The molecule has 88 valence electrons. The van der Waals surface area contributed by atoms with E-state index in [1.54, 1.807) is 0 Å². The van der Waals surface area contributed by atoms with Crippen LogP contribution in [0, 0.1) is 0 Å². The summed E-state index contributed by atoms with van der Waals surface area (Å²) in [5.41, 5.74) is 14.4. The molecule has 0 aliphatic rings. The van der Waals surface area contributed by atoms with E-state index in [1.165, 1.54) is 0 Å². The third kappa shape index (κ3) is 15.1. The summed E-state index contributed by atoms with van der Waals surface area (Å²) in [4.78, 5) is 29.4. The predicted molar refractivity (Wildman–Crippen MR) is 50.7 cm³/mol. The van der Waals surface area contributed by atoms with Crippen molar-refractivity contribution < 1.29 is 24.6 Å². The summed E-state index contributed by atoms with van der Waals surface area (Å²) in [6.07, 6.45) is 0.123. The van der Waals surface area contributed by atoms with Gasteiger partial charge in [-0.2, -0.15) is 0 Å². The van der Waals surface area contributed by atoms with E-state index in [0.717, 1.165) is 0 Å². The van der Waals surface area contributed by atoms with E-state index in [1.807, 2.05) is 0 Å². The second-order valence-corrected chi connectivity index (χ2v) is 2.55. The van der Waals surface area contributed by atoms with Gasteiger partial charge in [-0.15, -0.1) is 0 Å². The van der Waals surface area contributed by atoms with Gasteiger partial charge in [-0.25, -0.2) is 0 Å². The summed E-state index contributed by atoms with van der Waals surface area (Å²) in [6.45, 7) is -0.278. The lowest BCUT2D eigenvalue weighted by Crippen LogP contribution is -2.31. The molecular formula is C7H15N3O5. The van der Waals surface area contributed by atoms with Crippen molar-refractivity contribution in [1.29, 1.82) is 0 Å². The van der Waals surface area contributed by atoms with Crippen LogP contribution in [-0.2, 0) is 14.4 Å². The highest BCUT2D eigenvalue weighted by Crippen LogP contribution is 1.92. The van der Waals surface area contributed by atoms with Crippen LogP contribution in [0.1, 0.15) is 12.8 Å². The van der Waals surface area contributed by atoms with Crippen LogP contribution in [0.25, 0.3) is 0 Å². The van der Waals surface area contributed by atoms with Crippen molar-refractivity contribution in [1.82, 2.24) is 0 Å². The fourth-order valence-electron chi connectivity index (χ4n) is 0.421. The molecule has 15 heavy (non-hydrogen) atoms. The van der Waals surface area contributed by atoms with Crippen molar-refractivity contribution in [3.63, 3.8) is 0 Å². The molecule has 0 aromatic rings. The van der Waals surface area contributed by atoms with Crippen molar-refractivity contribution in [2.75, 3.05) is 6.54 Å². The topological polar surface area (TPSA) is 170 Å². The molecule has 8 heteroatoms. The first-order chi connectivity index (χ1) is 6.81. The average molecular weight is 221 g/mol. The lowest BCUT2D eigenvalue weighted by atomic mass is 10.2. The number of rotatable bonds is 5. The van der Waals surface area contributed by atoms with Gasteiger partial charge in [0, 0.05) is 6.42 Å². The minimum atomic E-state index is -1.11. The van der Waals surface area contributed by atoms with Gasteiger partial charge in [0.15, 0.2) is 0 Å². The van der Waals surface area contributed by atoms with Gasteiger partial charge < -0.3 is 27.4 Å². The van der Waals surface area contributed by atoms with E-state index >= 15 is 0 Å². The van der Waals surface area contributed by atoms with Gasteiger partial charge in [0.25, 0.3) is 0 Å². The lowest BCUT2D eigenvalue weighted by Gasteiger charge is -2.01. The van der Waals surface area contributed by atoms with Gasteiger partial charge in [-0.3, -0.25) is 14.4 Å². The number of hydrogen-bond acceptors (Lipinski definition) is 5.